The van der Waals surface area contributed by atoms with Gasteiger partial charge >= 0.3 is 12.3 Å². The van der Waals surface area contributed by atoms with Gasteiger partial charge in [0, 0.05) is 18.7 Å². The number of halogens is 3. The lowest BCUT2D eigenvalue weighted by atomic mass is 10.1. The molecule has 10 heteroatoms. The molecule has 2 unspecified atom stereocenters. The first kappa shape index (κ1) is 22.9. The number of nitrogens with one attached hydrogen (secondary N) is 1. The molecule has 0 saturated carbocycles. The van der Waals surface area contributed by atoms with E-state index in [0.717, 1.165) is 18.2 Å². The molecule has 3 rings (SSSR count). The quantitative estimate of drug-likeness (QED) is 0.782. The number of carbonyl (C=O) groups excluding carboxylic acids is 3. The van der Waals surface area contributed by atoms with Gasteiger partial charge in [0.05, 0.1) is 24.2 Å². The maximum atomic E-state index is 12.8. The van der Waals surface area contributed by atoms with Crippen LogP contribution in [0.5, 0.6) is 0 Å². The fraction of sp³-hybridized carbons (Fsp3) is 0.571. The fourth-order valence-electron chi connectivity index (χ4n) is 4.04. The van der Waals surface area contributed by atoms with Gasteiger partial charge in [-0.1, -0.05) is 6.07 Å². The molecule has 2 aliphatic rings. The number of hydrogen-bond donors (Lipinski definition) is 1. The van der Waals surface area contributed by atoms with Crippen molar-refractivity contribution in [1.82, 2.24) is 15.1 Å². The first-order chi connectivity index (χ1) is 14.4. The smallest absolute Gasteiger partial charge is 0.416 e. The van der Waals surface area contributed by atoms with Crippen LogP contribution in [-0.4, -0.2) is 65.0 Å². The highest BCUT2D eigenvalue weighted by atomic mass is 19.4. The van der Waals surface area contributed by atoms with E-state index in [0.29, 0.717) is 25.9 Å². The maximum Gasteiger partial charge on any atom is 0.416 e. The SMILES string of the molecule is CC(C)(C)OC(=O)N1CCC2C1CCN2C(=O)CNC(=O)c1cccc(C(F)(F)F)c1. The van der Waals surface area contributed by atoms with Crippen LogP contribution in [0.25, 0.3) is 0 Å². The highest BCUT2D eigenvalue weighted by Gasteiger charge is 2.47. The third-order valence-corrected chi connectivity index (χ3v) is 5.38. The van der Waals surface area contributed by atoms with E-state index in [1.807, 2.05) is 0 Å². The van der Waals surface area contributed by atoms with Crippen molar-refractivity contribution in [1.29, 1.82) is 0 Å². The molecule has 0 bridgehead atoms. The molecule has 0 aromatic heterocycles. The van der Waals surface area contributed by atoms with E-state index in [1.165, 1.54) is 6.07 Å². The van der Waals surface area contributed by atoms with Crippen LogP contribution in [0.3, 0.4) is 0 Å². The Hall–Kier alpha value is -2.78. The number of ether oxygens (including phenoxy) is 1. The van der Waals surface area contributed by atoms with Crippen LogP contribution >= 0.6 is 0 Å². The molecule has 3 amide bonds. The molecule has 2 aliphatic heterocycles. The van der Waals surface area contributed by atoms with E-state index in [4.69, 9.17) is 4.74 Å². The summed E-state index contributed by atoms with van der Waals surface area (Å²) in [4.78, 5) is 40.6. The molecule has 2 heterocycles. The van der Waals surface area contributed by atoms with Crippen LogP contribution in [0.4, 0.5) is 18.0 Å². The van der Waals surface area contributed by atoms with Gasteiger partial charge in [-0.05, 0) is 51.8 Å². The number of benzene rings is 1. The number of carbonyl (C=O) groups is 3. The lowest BCUT2D eigenvalue weighted by Gasteiger charge is -2.28. The highest BCUT2D eigenvalue weighted by molar-refractivity contribution is 5.96. The third kappa shape index (κ3) is 5.29. The zero-order valence-electron chi connectivity index (χ0n) is 17.7. The van der Waals surface area contributed by atoms with E-state index in [1.54, 1.807) is 30.6 Å². The fourth-order valence-corrected chi connectivity index (χ4v) is 4.04. The normalized spacial score (nSPS) is 21.1. The van der Waals surface area contributed by atoms with Gasteiger partial charge in [-0.25, -0.2) is 4.79 Å². The van der Waals surface area contributed by atoms with Crippen LogP contribution in [-0.2, 0) is 15.7 Å². The Morgan fingerprint density at radius 1 is 1.06 bits per heavy atom. The van der Waals surface area contributed by atoms with Crippen molar-refractivity contribution in [3.8, 4) is 0 Å². The van der Waals surface area contributed by atoms with Gasteiger partial charge in [-0.3, -0.25) is 9.59 Å². The largest absolute Gasteiger partial charge is 0.444 e. The van der Waals surface area contributed by atoms with E-state index in [-0.39, 0.29) is 30.1 Å². The second kappa shape index (κ2) is 8.39. The third-order valence-electron chi connectivity index (χ3n) is 5.38. The minimum absolute atomic E-state index is 0.141. The van der Waals surface area contributed by atoms with E-state index < -0.39 is 29.3 Å². The Balaban J connectivity index is 1.57. The molecule has 0 aliphatic carbocycles. The Morgan fingerprint density at radius 2 is 1.68 bits per heavy atom. The van der Waals surface area contributed by atoms with Gasteiger partial charge in [0.1, 0.15) is 5.60 Å². The predicted octanol–water partition coefficient (Wildman–Crippen LogP) is 3.05. The number of amides is 3. The average molecular weight is 441 g/mol. The molecule has 31 heavy (non-hydrogen) atoms. The molecule has 0 radical (unpaired) electrons. The van der Waals surface area contributed by atoms with Gasteiger partial charge in [-0.2, -0.15) is 13.2 Å². The van der Waals surface area contributed by atoms with Crippen LogP contribution in [0.2, 0.25) is 0 Å². The summed E-state index contributed by atoms with van der Waals surface area (Å²) in [5.41, 5.74) is -1.71. The number of hydrogen-bond acceptors (Lipinski definition) is 4. The summed E-state index contributed by atoms with van der Waals surface area (Å²) in [6, 6.07) is 3.73. The van der Waals surface area contributed by atoms with Gasteiger partial charge in [0.25, 0.3) is 5.91 Å². The van der Waals surface area contributed by atoms with Gasteiger partial charge in [-0.15, -0.1) is 0 Å². The number of alkyl halides is 3. The minimum atomic E-state index is -4.56. The van der Waals surface area contributed by atoms with Crippen LogP contribution in [0, 0.1) is 0 Å². The second-order valence-corrected chi connectivity index (χ2v) is 8.73. The summed E-state index contributed by atoms with van der Waals surface area (Å²) in [5, 5.41) is 2.40. The predicted molar refractivity (Wildman–Crippen MR) is 105 cm³/mol. The van der Waals surface area contributed by atoms with Crippen LogP contribution < -0.4 is 5.32 Å². The lowest BCUT2D eigenvalue weighted by Crippen LogP contribution is -2.45. The molecular formula is C21H26F3N3O4. The van der Waals surface area contributed by atoms with Crippen molar-refractivity contribution in [3.63, 3.8) is 0 Å². The van der Waals surface area contributed by atoms with Crippen LogP contribution in [0.15, 0.2) is 24.3 Å². The lowest BCUT2D eigenvalue weighted by molar-refractivity contribution is -0.137. The minimum Gasteiger partial charge on any atom is -0.444 e. The Kier molecular flexibility index (Phi) is 6.20. The van der Waals surface area contributed by atoms with Gasteiger partial charge in [0.15, 0.2) is 0 Å². The molecule has 7 nitrogen and oxygen atoms in total. The molecule has 1 aromatic carbocycles. The summed E-state index contributed by atoms with van der Waals surface area (Å²) < 4.78 is 43.9. The number of fused-ring (bicyclic) bond motifs is 1. The van der Waals surface area contributed by atoms with Crippen molar-refractivity contribution in [3.05, 3.63) is 35.4 Å². The molecule has 2 fully saturated rings. The first-order valence-corrected chi connectivity index (χ1v) is 10.1. The van der Waals surface area contributed by atoms with E-state index in [2.05, 4.69) is 5.32 Å². The molecule has 170 valence electrons. The van der Waals surface area contributed by atoms with Gasteiger partial charge < -0.3 is 19.9 Å². The van der Waals surface area contributed by atoms with Crippen LogP contribution in [0.1, 0.15) is 49.5 Å². The molecule has 1 aromatic rings. The van der Waals surface area contributed by atoms with E-state index >= 15 is 0 Å². The summed E-state index contributed by atoms with van der Waals surface area (Å²) in [7, 11) is 0. The standard InChI is InChI=1S/C21H26F3N3O4/c1-20(2,3)31-19(30)27-10-8-15-16(27)7-9-26(15)17(28)12-25-18(29)13-5-4-6-14(11-13)21(22,23)24/h4-6,11,15-16H,7-10,12H2,1-3H3,(H,25,29). The molecule has 2 saturated heterocycles. The van der Waals surface area contributed by atoms with Gasteiger partial charge in [0.2, 0.25) is 5.91 Å². The monoisotopic (exact) mass is 441 g/mol. The van der Waals surface area contributed by atoms with Crippen molar-refractivity contribution >= 4 is 17.9 Å². The van der Waals surface area contributed by atoms with Crippen molar-refractivity contribution in [2.45, 2.75) is 57.5 Å². The van der Waals surface area contributed by atoms with E-state index in [9.17, 15) is 27.6 Å². The summed E-state index contributed by atoms with van der Waals surface area (Å²) in [5.74, 6) is -1.09. The summed E-state index contributed by atoms with van der Waals surface area (Å²) in [6.07, 6.45) is -3.75. The zero-order valence-corrected chi connectivity index (χ0v) is 17.7. The highest BCUT2D eigenvalue weighted by Crippen LogP contribution is 2.33. The van der Waals surface area contributed by atoms with Crippen molar-refractivity contribution in [2.75, 3.05) is 19.6 Å². The van der Waals surface area contributed by atoms with Crippen molar-refractivity contribution < 1.29 is 32.3 Å². The molecule has 1 N–H and O–H groups in total. The Bertz CT molecular complexity index is 866. The van der Waals surface area contributed by atoms with Crippen molar-refractivity contribution in [2.24, 2.45) is 0 Å². The average Bonchev–Trinajstić information content (AvgIpc) is 3.25. The number of nitrogens with zero attached hydrogens (tertiary/aromatic N) is 2. The number of rotatable bonds is 3. The Morgan fingerprint density at radius 3 is 2.29 bits per heavy atom. The summed E-state index contributed by atoms with van der Waals surface area (Å²) in [6.45, 7) is 5.95. The number of likely N-dealkylation sites (tertiary alicyclic amines) is 2. The molecule has 0 spiro atoms. The zero-order chi connectivity index (χ0) is 23.0. The second-order valence-electron chi connectivity index (χ2n) is 8.73. The summed E-state index contributed by atoms with van der Waals surface area (Å²) >= 11 is 0. The topological polar surface area (TPSA) is 79.0 Å². The first-order valence-electron chi connectivity index (χ1n) is 10.1. The Labute approximate surface area is 178 Å². The molecule has 2 atom stereocenters. The molecular weight excluding hydrogens is 415 g/mol. The maximum absolute atomic E-state index is 12.8.